The summed E-state index contributed by atoms with van der Waals surface area (Å²) >= 11 is 8.08. The van der Waals surface area contributed by atoms with Gasteiger partial charge < -0.3 is 4.57 Å². The highest BCUT2D eigenvalue weighted by Crippen LogP contribution is 2.30. The molecule has 1 aromatic carbocycles. The second kappa shape index (κ2) is 5.67. The molecule has 0 spiro atoms. The van der Waals surface area contributed by atoms with Crippen molar-refractivity contribution in [3.63, 3.8) is 0 Å². The van der Waals surface area contributed by atoms with E-state index in [1.807, 2.05) is 30.8 Å². The summed E-state index contributed by atoms with van der Waals surface area (Å²) in [4.78, 5) is 4.62. The quantitative estimate of drug-likeness (QED) is 0.789. The summed E-state index contributed by atoms with van der Waals surface area (Å²) in [5.74, 6) is 0.860. The number of hydrogen-bond donors (Lipinski definition) is 0. The lowest BCUT2D eigenvalue weighted by Crippen LogP contribution is -2.23. The van der Waals surface area contributed by atoms with Crippen molar-refractivity contribution in [1.82, 2.24) is 9.55 Å². The first kappa shape index (κ1) is 15.2. The Kier molecular flexibility index (Phi) is 4.31. The third-order valence-corrected chi connectivity index (χ3v) is 4.78. The first-order valence-corrected chi connectivity index (χ1v) is 8.13. The molecule has 1 aromatic heterocycles. The molecule has 5 heteroatoms. The average Bonchev–Trinajstić information content (AvgIpc) is 2.76. The Morgan fingerprint density at radius 3 is 2.75 bits per heavy atom. The second-order valence-electron chi connectivity index (χ2n) is 5.45. The molecule has 1 heterocycles. The van der Waals surface area contributed by atoms with Gasteiger partial charge in [-0.3, -0.25) is 0 Å². The summed E-state index contributed by atoms with van der Waals surface area (Å²) in [6.07, 6.45) is 2.10. The van der Waals surface area contributed by atoms with Crippen molar-refractivity contribution in [2.45, 2.75) is 37.4 Å². The van der Waals surface area contributed by atoms with Crippen LogP contribution in [0.4, 0.5) is 0 Å². The van der Waals surface area contributed by atoms with E-state index in [-0.39, 0.29) is 10.1 Å². The number of rotatable bonds is 4. The number of thioether (sulfide) groups is 1. The van der Waals surface area contributed by atoms with Gasteiger partial charge >= 0.3 is 0 Å². The summed E-state index contributed by atoms with van der Waals surface area (Å²) in [5, 5.41) is 8.91. The lowest BCUT2D eigenvalue weighted by atomic mass is 10.2. The Labute approximate surface area is 128 Å². The highest BCUT2D eigenvalue weighted by Gasteiger charge is 2.22. The molecule has 0 saturated carbocycles. The average molecular weight is 308 g/mol. The Bertz CT molecular complexity index is 668. The molecule has 20 heavy (non-hydrogen) atoms. The number of halogens is 1. The molecule has 0 aliphatic carbocycles. The van der Waals surface area contributed by atoms with Gasteiger partial charge in [0.2, 0.25) is 0 Å². The van der Waals surface area contributed by atoms with Gasteiger partial charge in [-0.15, -0.1) is 11.6 Å². The predicted octanol–water partition coefficient (Wildman–Crippen LogP) is 4.35. The Morgan fingerprint density at radius 2 is 2.20 bits per heavy atom. The number of fused-ring (bicyclic) bond motifs is 1. The van der Waals surface area contributed by atoms with E-state index >= 15 is 0 Å². The summed E-state index contributed by atoms with van der Waals surface area (Å²) in [6, 6.07) is 7.75. The fraction of sp³-hybridized carbons (Fsp3) is 0.467. The molecule has 2 aromatic rings. The van der Waals surface area contributed by atoms with Crippen LogP contribution in [0.1, 0.15) is 37.5 Å². The van der Waals surface area contributed by atoms with Crippen molar-refractivity contribution < 1.29 is 0 Å². The van der Waals surface area contributed by atoms with Gasteiger partial charge in [0.15, 0.2) is 0 Å². The van der Waals surface area contributed by atoms with Gasteiger partial charge in [-0.05, 0) is 45.2 Å². The van der Waals surface area contributed by atoms with Crippen molar-refractivity contribution in [3.8, 4) is 6.07 Å². The molecule has 3 nitrogen and oxygen atoms in total. The van der Waals surface area contributed by atoms with Crippen LogP contribution in [0.25, 0.3) is 11.0 Å². The molecule has 0 fully saturated rings. The van der Waals surface area contributed by atoms with E-state index in [1.54, 1.807) is 6.07 Å². The molecule has 1 atom stereocenters. The number of imidazole rings is 1. The maximum atomic E-state index is 9.07. The molecule has 0 aliphatic rings. The second-order valence-corrected chi connectivity index (χ2v) is 7.62. The van der Waals surface area contributed by atoms with Gasteiger partial charge in [-0.25, -0.2) is 4.98 Å². The number of aromatic nitrogens is 2. The van der Waals surface area contributed by atoms with Gasteiger partial charge in [0.1, 0.15) is 5.82 Å². The smallest absolute Gasteiger partial charge is 0.127 e. The zero-order valence-electron chi connectivity index (χ0n) is 12.1. The van der Waals surface area contributed by atoms with Crippen molar-refractivity contribution in [1.29, 1.82) is 5.26 Å². The van der Waals surface area contributed by atoms with E-state index in [2.05, 4.69) is 35.7 Å². The van der Waals surface area contributed by atoms with Gasteiger partial charge in [0.25, 0.3) is 0 Å². The third kappa shape index (κ3) is 2.94. The van der Waals surface area contributed by atoms with Crippen LogP contribution in [0.5, 0.6) is 0 Å². The Balaban J connectivity index is 2.64. The largest absolute Gasteiger partial charge is 0.325 e. The van der Waals surface area contributed by atoms with Gasteiger partial charge in [0.05, 0.1) is 28.0 Å². The molecule has 106 valence electrons. The van der Waals surface area contributed by atoms with Crippen molar-refractivity contribution in [3.05, 3.63) is 29.6 Å². The van der Waals surface area contributed by atoms with Crippen molar-refractivity contribution in [2.75, 3.05) is 6.26 Å². The normalized spacial score (nSPS) is 13.4. The number of nitrogens with zero attached hydrogens (tertiary/aromatic N) is 3. The summed E-state index contributed by atoms with van der Waals surface area (Å²) in [5.41, 5.74) is 2.52. The Hall–Kier alpha value is -1.18. The van der Waals surface area contributed by atoms with Crippen LogP contribution in [-0.2, 0) is 6.54 Å². The molecule has 0 bridgehead atoms. The topological polar surface area (TPSA) is 41.6 Å². The van der Waals surface area contributed by atoms with E-state index in [0.29, 0.717) is 5.56 Å². The lowest BCUT2D eigenvalue weighted by molar-refractivity contribution is 0.559. The lowest BCUT2D eigenvalue weighted by Gasteiger charge is -2.24. The molecule has 0 N–H and O–H groups in total. The van der Waals surface area contributed by atoms with E-state index in [0.717, 1.165) is 23.4 Å². The molecule has 0 radical (unpaired) electrons. The van der Waals surface area contributed by atoms with Crippen LogP contribution in [0.15, 0.2) is 18.2 Å². The minimum absolute atomic E-state index is 0.0802. The third-order valence-electron chi connectivity index (χ3n) is 3.35. The summed E-state index contributed by atoms with van der Waals surface area (Å²) in [7, 11) is 0. The summed E-state index contributed by atoms with van der Waals surface area (Å²) in [6.45, 7) is 7.13. The number of hydrogen-bond acceptors (Lipinski definition) is 3. The van der Waals surface area contributed by atoms with Crippen LogP contribution in [0, 0.1) is 11.3 Å². The highest BCUT2D eigenvalue weighted by molar-refractivity contribution is 7.99. The molecule has 0 aliphatic heterocycles. The maximum absolute atomic E-state index is 9.07. The van der Waals surface area contributed by atoms with Crippen molar-refractivity contribution >= 4 is 34.4 Å². The van der Waals surface area contributed by atoms with Gasteiger partial charge in [-0.1, -0.05) is 0 Å². The zero-order valence-corrected chi connectivity index (χ0v) is 13.7. The molecule has 1 unspecified atom stereocenters. The van der Waals surface area contributed by atoms with E-state index < -0.39 is 0 Å². The summed E-state index contributed by atoms with van der Waals surface area (Å²) < 4.78 is 2.22. The van der Waals surface area contributed by atoms with Crippen molar-refractivity contribution in [2.24, 2.45) is 0 Å². The highest BCUT2D eigenvalue weighted by atomic mass is 35.5. The maximum Gasteiger partial charge on any atom is 0.127 e. The van der Waals surface area contributed by atoms with E-state index in [9.17, 15) is 0 Å². The fourth-order valence-electron chi connectivity index (χ4n) is 2.13. The standard InChI is InChI=1S/C15H18ClN3S/c1-10(16)14-18-12-6-5-11(8-17)7-13(12)19(14)9-15(2,3)20-4/h5-7,10H,9H2,1-4H3. The van der Waals surface area contributed by atoms with Crippen LogP contribution in [0.2, 0.25) is 0 Å². The van der Waals surface area contributed by atoms with E-state index in [4.69, 9.17) is 16.9 Å². The van der Waals surface area contributed by atoms with E-state index in [1.165, 1.54) is 0 Å². The minimum Gasteiger partial charge on any atom is -0.325 e. The minimum atomic E-state index is -0.161. The molecular weight excluding hydrogens is 290 g/mol. The monoisotopic (exact) mass is 307 g/mol. The van der Waals surface area contributed by atoms with Crippen LogP contribution >= 0.6 is 23.4 Å². The Morgan fingerprint density at radius 1 is 1.50 bits per heavy atom. The number of benzene rings is 1. The van der Waals surface area contributed by atoms with Crippen LogP contribution in [-0.4, -0.2) is 20.6 Å². The molecule has 0 amide bonds. The molecule has 2 rings (SSSR count). The number of alkyl halides is 1. The first-order valence-electron chi connectivity index (χ1n) is 6.47. The number of nitriles is 1. The van der Waals surface area contributed by atoms with Gasteiger partial charge in [-0.2, -0.15) is 17.0 Å². The first-order chi connectivity index (χ1) is 9.38. The predicted molar refractivity (Wildman–Crippen MR) is 86.3 cm³/mol. The molecular formula is C15H18ClN3S. The van der Waals surface area contributed by atoms with Crippen LogP contribution < -0.4 is 0 Å². The SMILES string of the molecule is CSC(C)(C)Cn1c(C(C)Cl)nc2ccc(C#N)cc21. The van der Waals surface area contributed by atoms with Gasteiger partial charge in [0, 0.05) is 11.3 Å². The zero-order chi connectivity index (χ0) is 14.9. The fourth-order valence-corrected chi connectivity index (χ4v) is 2.55. The van der Waals surface area contributed by atoms with Crippen LogP contribution in [0.3, 0.4) is 0 Å². The molecule has 0 saturated heterocycles.